The molecule has 3 heteroatoms. The number of hydrogen-bond donors (Lipinski definition) is 1. The van der Waals surface area contributed by atoms with E-state index in [9.17, 15) is 0 Å². The van der Waals surface area contributed by atoms with Gasteiger partial charge in [-0.1, -0.05) is 267 Å². The Balaban J connectivity index is 2.35. The number of benzene rings is 2. The van der Waals surface area contributed by atoms with Gasteiger partial charge in [-0.25, -0.2) is 0 Å². The van der Waals surface area contributed by atoms with E-state index in [1.165, 1.54) is 219 Å². The molecule has 0 aliphatic heterocycles. The lowest BCUT2D eigenvalue weighted by molar-refractivity contribution is 0.291. The highest BCUT2D eigenvalue weighted by Crippen LogP contribution is 2.39. The van der Waals surface area contributed by atoms with Crippen molar-refractivity contribution in [1.29, 1.82) is 0 Å². The minimum Gasteiger partial charge on any atom is -0.465 e. The van der Waals surface area contributed by atoms with Gasteiger partial charge in [-0.15, -0.1) is 0 Å². The number of aliphatic imine (C=N–C) groups is 1. The lowest BCUT2D eigenvalue weighted by Gasteiger charge is -2.24. The molecule has 0 heterocycles. The van der Waals surface area contributed by atoms with Gasteiger partial charge >= 0.3 is 0 Å². The van der Waals surface area contributed by atoms with Crippen molar-refractivity contribution in [3.63, 3.8) is 0 Å². The van der Waals surface area contributed by atoms with Crippen LogP contribution in [0.15, 0.2) is 29.3 Å². The maximum absolute atomic E-state index is 6.84. The van der Waals surface area contributed by atoms with Crippen LogP contribution in [0.4, 0.5) is 11.4 Å². The van der Waals surface area contributed by atoms with E-state index in [4.69, 9.17) is 9.73 Å². The van der Waals surface area contributed by atoms with Gasteiger partial charge in [0, 0.05) is 5.69 Å². The van der Waals surface area contributed by atoms with Crippen molar-refractivity contribution >= 4 is 17.4 Å². The lowest BCUT2D eigenvalue weighted by atomic mass is 9.88. The number of nitrogens with one attached hydrogen (secondary N) is 1. The van der Waals surface area contributed by atoms with Crippen molar-refractivity contribution in [2.75, 3.05) is 11.9 Å². The van der Waals surface area contributed by atoms with Gasteiger partial charge in [0.15, 0.2) is 0 Å². The molecule has 0 aliphatic carbocycles. The van der Waals surface area contributed by atoms with Gasteiger partial charge in [0.25, 0.3) is 6.02 Å². The predicted molar refractivity (Wildman–Crippen MR) is 284 cm³/mol. The Morgan fingerprint density at radius 2 is 0.683 bits per heavy atom. The number of unbranched alkanes of at least 4 members (excludes halogenated alkanes) is 26. The molecule has 0 saturated carbocycles. The zero-order valence-electron chi connectivity index (χ0n) is 44.1. The normalized spacial score (nSPS) is 12.2. The fourth-order valence-corrected chi connectivity index (χ4v) is 9.37. The first kappa shape index (κ1) is 56.8. The second-order valence-electron chi connectivity index (χ2n) is 21.0. The van der Waals surface area contributed by atoms with Crippen LogP contribution in [0.5, 0.6) is 0 Å². The number of amidine groups is 1. The molecular weight excluding hydrogens is 765 g/mol. The van der Waals surface area contributed by atoms with Crippen LogP contribution in [0.2, 0.25) is 0 Å². The average molecular weight is 872 g/mol. The number of rotatable bonds is 38. The van der Waals surface area contributed by atoms with Crippen LogP contribution in [-0.4, -0.2) is 12.6 Å². The summed E-state index contributed by atoms with van der Waals surface area (Å²) in [5, 5.41) is 3.94. The molecule has 0 unspecified atom stereocenters. The molecule has 0 radical (unpaired) electrons. The Hall–Kier alpha value is -2.29. The van der Waals surface area contributed by atoms with E-state index in [1.807, 2.05) is 0 Å². The van der Waals surface area contributed by atoms with Crippen LogP contribution in [-0.2, 0) is 17.6 Å². The molecule has 0 fully saturated rings. The van der Waals surface area contributed by atoms with Crippen LogP contribution in [0.25, 0.3) is 0 Å². The van der Waals surface area contributed by atoms with E-state index in [-0.39, 0.29) is 0 Å². The van der Waals surface area contributed by atoms with Crippen molar-refractivity contribution in [3.05, 3.63) is 57.6 Å². The third-order valence-electron chi connectivity index (χ3n) is 13.5. The summed E-state index contributed by atoms with van der Waals surface area (Å²) < 4.78 is 6.84. The predicted octanol–water partition coefficient (Wildman–Crippen LogP) is 20.8. The molecule has 3 nitrogen and oxygen atoms in total. The van der Waals surface area contributed by atoms with Gasteiger partial charge in [-0.05, 0) is 89.2 Å². The van der Waals surface area contributed by atoms with Gasteiger partial charge in [0.05, 0.1) is 12.3 Å². The number of nitrogens with zero attached hydrogens (tertiary/aromatic N) is 1. The summed E-state index contributed by atoms with van der Waals surface area (Å²) in [6.45, 7) is 26.4. The Labute approximate surface area is 394 Å². The van der Waals surface area contributed by atoms with Crippen molar-refractivity contribution in [1.82, 2.24) is 0 Å². The summed E-state index contributed by atoms with van der Waals surface area (Å²) in [6, 6.07) is 10.7. The smallest absolute Gasteiger partial charge is 0.294 e. The number of hydrogen-bond acceptors (Lipinski definition) is 2. The lowest BCUT2D eigenvalue weighted by Crippen LogP contribution is -2.20. The van der Waals surface area contributed by atoms with Crippen LogP contribution in [0.3, 0.4) is 0 Å². The summed E-state index contributed by atoms with van der Waals surface area (Å²) in [7, 11) is 0. The van der Waals surface area contributed by atoms with Crippen LogP contribution < -0.4 is 5.32 Å². The Kier molecular flexibility index (Phi) is 32.4. The van der Waals surface area contributed by atoms with E-state index in [2.05, 4.69) is 106 Å². The molecule has 0 aromatic heterocycles. The molecule has 1 N–H and O–H groups in total. The number of anilines is 1. The van der Waals surface area contributed by atoms with Gasteiger partial charge in [0.2, 0.25) is 0 Å². The highest BCUT2D eigenvalue weighted by atomic mass is 16.5. The average Bonchev–Trinajstić information content (AvgIpc) is 3.25. The van der Waals surface area contributed by atoms with Crippen molar-refractivity contribution < 1.29 is 4.74 Å². The molecule has 2 rings (SSSR count). The minimum absolute atomic E-state index is 0.371. The van der Waals surface area contributed by atoms with Crippen LogP contribution >= 0.6 is 0 Å². The van der Waals surface area contributed by atoms with E-state index >= 15 is 0 Å². The fourth-order valence-electron chi connectivity index (χ4n) is 9.37. The molecule has 0 spiro atoms. The number of ether oxygens (including phenoxy) is 1. The van der Waals surface area contributed by atoms with E-state index in [0.717, 1.165) is 24.9 Å². The monoisotopic (exact) mass is 871 g/mol. The quantitative estimate of drug-likeness (QED) is 0.0414. The third-order valence-corrected chi connectivity index (χ3v) is 13.5. The summed E-state index contributed by atoms with van der Waals surface area (Å²) >= 11 is 0. The molecule has 2 aromatic rings. The minimum atomic E-state index is 0.371. The number of aryl methyl sites for hydroxylation is 2. The largest absolute Gasteiger partial charge is 0.465 e. The molecule has 0 amide bonds. The van der Waals surface area contributed by atoms with Crippen molar-refractivity contribution in [2.24, 2.45) is 4.99 Å². The zero-order chi connectivity index (χ0) is 46.1. The molecule has 0 saturated heterocycles. The summed E-state index contributed by atoms with van der Waals surface area (Å²) in [5.41, 5.74) is 10.8. The first-order valence-electron chi connectivity index (χ1n) is 27.9. The van der Waals surface area contributed by atoms with Gasteiger partial charge in [-0.3, -0.25) is 0 Å². The van der Waals surface area contributed by atoms with E-state index < -0.39 is 0 Å². The maximum Gasteiger partial charge on any atom is 0.294 e. The van der Waals surface area contributed by atoms with Gasteiger partial charge in [0.1, 0.15) is 0 Å². The zero-order valence-corrected chi connectivity index (χ0v) is 44.1. The molecule has 362 valence electrons. The summed E-state index contributed by atoms with van der Waals surface area (Å²) in [4.78, 5) is 5.59. The summed E-state index contributed by atoms with van der Waals surface area (Å²) in [6.07, 6.45) is 41.6. The van der Waals surface area contributed by atoms with Crippen LogP contribution in [0, 0.1) is 0 Å². The molecule has 0 bridgehead atoms. The van der Waals surface area contributed by atoms with E-state index in [0.29, 0.717) is 36.3 Å². The highest BCUT2D eigenvalue weighted by molar-refractivity contribution is 5.93. The van der Waals surface area contributed by atoms with Gasteiger partial charge < -0.3 is 10.1 Å². The van der Waals surface area contributed by atoms with Crippen molar-refractivity contribution in [3.8, 4) is 0 Å². The first-order valence-corrected chi connectivity index (χ1v) is 27.9. The third kappa shape index (κ3) is 24.7. The maximum atomic E-state index is 6.84. The van der Waals surface area contributed by atoms with Gasteiger partial charge in [-0.2, -0.15) is 4.99 Å². The fraction of sp³-hybridized carbons (Fsp3) is 0.783. The molecule has 2 aromatic carbocycles. The highest BCUT2D eigenvalue weighted by Gasteiger charge is 2.21. The summed E-state index contributed by atoms with van der Waals surface area (Å²) in [5.74, 6) is 1.52. The Morgan fingerprint density at radius 3 is 1.00 bits per heavy atom. The second-order valence-corrected chi connectivity index (χ2v) is 21.0. The van der Waals surface area contributed by atoms with E-state index in [1.54, 1.807) is 0 Å². The molecular formula is C60H106N2O. The van der Waals surface area contributed by atoms with Crippen LogP contribution in [0.1, 0.15) is 319 Å². The first-order chi connectivity index (χ1) is 30.5. The Morgan fingerprint density at radius 1 is 0.397 bits per heavy atom. The second kappa shape index (κ2) is 35.9. The SMILES string of the molecule is CCCCCCCCCCCCCCCOC(=Nc1c(C(C)C)cc(CCCCCCCCCC)cc1C(C)C)Nc1c(C(C)C)cc(CCCCCCCCCC)cc1C(C)C. The Bertz CT molecular complexity index is 1390. The molecule has 0 atom stereocenters. The topological polar surface area (TPSA) is 33.6 Å². The molecule has 63 heavy (non-hydrogen) atoms. The molecule has 0 aliphatic rings. The van der Waals surface area contributed by atoms with Crippen molar-refractivity contribution in [2.45, 2.75) is 299 Å². The standard InChI is InChI=1S/C60H106N2O/c1-12-15-18-21-24-27-28-29-30-31-34-37-40-43-63-60(61-58-54(48(4)5)44-52(45-55(58)49(6)7)41-38-35-32-25-22-19-16-13-2)62-59-56(50(8)9)46-53(47-57(59)51(10)11)42-39-36-33-26-23-20-17-14-3/h44-51H,12-43H2,1-11H3,(H,61,62).